The largest absolute Gasteiger partial charge is 0.453 e. The van der Waals surface area contributed by atoms with Gasteiger partial charge in [0.2, 0.25) is 0 Å². The summed E-state index contributed by atoms with van der Waals surface area (Å²) in [5.74, 6) is 0. The number of carbonyl (C=O) groups excluding carboxylic acids is 2. The fraction of sp³-hybridized carbons (Fsp3) is 0.333. The second kappa shape index (κ2) is 8.92. The lowest BCUT2D eigenvalue weighted by atomic mass is 10.2. The standard InChI is InChI=1S/C15H20N2O6S/c1-4-12(9-10-16-14(18)22-3)23-15(19)17-24(20,21)13-7-5-11(2)6-8-13/h4-8,12H,1,9-10H2,2-3H3,(H,16,18)(H,17,19). The molecule has 0 aliphatic heterocycles. The second-order valence-electron chi connectivity index (χ2n) is 4.81. The SMILES string of the molecule is C=CC(CCNC(=O)OC)OC(=O)NS(=O)(=O)c1ccc(C)cc1. The Balaban J connectivity index is 2.58. The van der Waals surface area contributed by atoms with E-state index in [4.69, 9.17) is 4.74 Å². The van der Waals surface area contributed by atoms with Crippen molar-refractivity contribution in [2.45, 2.75) is 24.3 Å². The topological polar surface area (TPSA) is 111 Å². The molecule has 0 aromatic heterocycles. The normalized spacial score (nSPS) is 11.9. The van der Waals surface area contributed by atoms with Crippen molar-refractivity contribution in [2.75, 3.05) is 13.7 Å². The molecule has 0 saturated carbocycles. The number of rotatable bonds is 7. The molecule has 0 aliphatic carbocycles. The van der Waals surface area contributed by atoms with Gasteiger partial charge in [-0.05, 0) is 19.1 Å². The van der Waals surface area contributed by atoms with E-state index in [1.54, 1.807) is 12.1 Å². The van der Waals surface area contributed by atoms with E-state index in [0.717, 1.165) is 5.56 Å². The molecule has 0 saturated heterocycles. The first-order chi connectivity index (χ1) is 11.3. The minimum atomic E-state index is -4.02. The van der Waals surface area contributed by atoms with E-state index in [0.29, 0.717) is 0 Å². The highest BCUT2D eigenvalue weighted by atomic mass is 32.2. The van der Waals surface area contributed by atoms with Crippen LogP contribution >= 0.6 is 0 Å². The molecule has 0 heterocycles. The summed E-state index contributed by atoms with van der Waals surface area (Å²) in [7, 11) is -2.79. The first-order valence-corrected chi connectivity index (χ1v) is 8.51. The van der Waals surface area contributed by atoms with Crippen molar-refractivity contribution < 1.29 is 27.5 Å². The quantitative estimate of drug-likeness (QED) is 0.720. The third kappa shape index (κ3) is 6.29. The lowest BCUT2D eigenvalue weighted by Crippen LogP contribution is -2.35. The van der Waals surface area contributed by atoms with E-state index >= 15 is 0 Å². The number of methoxy groups -OCH3 is 1. The van der Waals surface area contributed by atoms with Crippen molar-refractivity contribution >= 4 is 22.2 Å². The number of ether oxygens (including phenoxy) is 2. The number of nitrogens with one attached hydrogen (secondary N) is 2. The summed E-state index contributed by atoms with van der Waals surface area (Å²) in [4.78, 5) is 22.6. The first kappa shape index (κ1) is 19.5. The summed E-state index contributed by atoms with van der Waals surface area (Å²) in [5.41, 5.74) is 0.890. The minimum Gasteiger partial charge on any atom is -0.453 e. The fourth-order valence-electron chi connectivity index (χ4n) is 1.66. The van der Waals surface area contributed by atoms with Gasteiger partial charge in [-0.25, -0.2) is 22.7 Å². The summed E-state index contributed by atoms with van der Waals surface area (Å²) >= 11 is 0. The summed E-state index contributed by atoms with van der Waals surface area (Å²) in [5, 5.41) is 2.41. The zero-order chi connectivity index (χ0) is 18.2. The van der Waals surface area contributed by atoms with Gasteiger partial charge in [0.05, 0.1) is 12.0 Å². The van der Waals surface area contributed by atoms with Gasteiger partial charge in [0.25, 0.3) is 10.0 Å². The van der Waals surface area contributed by atoms with Crippen LogP contribution in [0.4, 0.5) is 9.59 Å². The molecule has 0 spiro atoms. The van der Waals surface area contributed by atoms with Crippen LogP contribution in [0.5, 0.6) is 0 Å². The number of sulfonamides is 1. The Morgan fingerprint density at radius 2 is 1.88 bits per heavy atom. The van der Waals surface area contributed by atoms with Crippen LogP contribution in [0.2, 0.25) is 0 Å². The molecule has 9 heteroatoms. The molecule has 1 aromatic rings. The number of carbonyl (C=O) groups is 2. The summed E-state index contributed by atoms with van der Waals surface area (Å²) < 4.78 is 35.3. The molecular formula is C15H20N2O6S. The molecule has 24 heavy (non-hydrogen) atoms. The summed E-state index contributed by atoms with van der Waals surface area (Å²) in [6.45, 7) is 5.48. The zero-order valence-electron chi connectivity index (χ0n) is 13.4. The average molecular weight is 356 g/mol. The number of benzene rings is 1. The molecule has 0 aliphatic rings. The number of hydrogen-bond donors (Lipinski definition) is 2. The predicted molar refractivity (Wildman–Crippen MR) is 87.0 cm³/mol. The fourth-order valence-corrected chi connectivity index (χ4v) is 2.54. The lowest BCUT2D eigenvalue weighted by Gasteiger charge is -2.15. The van der Waals surface area contributed by atoms with Crippen LogP contribution < -0.4 is 10.0 Å². The van der Waals surface area contributed by atoms with Gasteiger partial charge in [-0.3, -0.25) is 0 Å². The van der Waals surface area contributed by atoms with Gasteiger partial charge in [-0.2, -0.15) is 0 Å². The molecule has 0 radical (unpaired) electrons. The summed E-state index contributed by atoms with van der Waals surface area (Å²) in [6, 6.07) is 6.00. The van der Waals surface area contributed by atoms with E-state index in [9.17, 15) is 18.0 Å². The smallest absolute Gasteiger partial charge is 0.421 e. The monoisotopic (exact) mass is 356 g/mol. The molecule has 0 fully saturated rings. The van der Waals surface area contributed by atoms with Crippen LogP contribution in [0.1, 0.15) is 12.0 Å². The van der Waals surface area contributed by atoms with Crippen molar-refractivity contribution in [3.63, 3.8) is 0 Å². The molecule has 1 rings (SSSR count). The van der Waals surface area contributed by atoms with Crippen molar-refractivity contribution in [3.8, 4) is 0 Å². The molecule has 2 amide bonds. The van der Waals surface area contributed by atoms with Crippen molar-refractivity contribution in [3.05, 3.63) is 42.5 Å². The van der Waals surface area contributed by atoms with Gasteiger partial charge in [0.1, 0.15) is 6.10 Å². The highest BCUT2D eigenvalue weighted by Crippen LogP contribution is 2.10. The number of amides is 2. The maximum Gasteiger partial charge on any atom is 0.421 e. The van der Waals surface area contributed by atoms with Crippen LogP contribution in [0, 0.1) is 6.92 Å². The van der Waals surface area contributed by atoms with Crippen LogP contribution in [0.25, 0.3) is 0 Å². The number of aryl methyl sites for hydroxylation is 1. The van der Waals surface area contributed by atoms with Gasteiger partial charge in [0.15, 0.2) is 0 Å². The van der Waals surface area contributed by atoms with E-state index in [1.165, 1.54) is 25.3 Å². The van der Waals surface area contributed by atoms with Gasteiger partial charge in [-0.15, -0.1) is 0 Å². The Hall–Kier alpha value is -2.55. The Bertz CT molecular complexity index is 684. The van der Waals surface area contributed by atoms with Crippen molar-refractivity contribution in [1.29, 1.82) is 0 Å². The maximum absolute atomic E-state index is 12.1. The predicted octanol–water partition coefficient (Wildman–Crippen LogP) is 1.71. The highest BCUT2D eigenvalue weighted by molar-refractivity contribution is 7.90. The van der Waals surface area contributed by atoms with Crippen LogP contribution in [-0.4, -0.2) is 40.4 Å². The van der Waals surface area contributed by atoms with E-state index < -0.39 is 28.3 Å². The van der Waals surface area contributed by atoms with Gasteiger partial charge in [0, 0.05) is 13.0 Å². The Morgan fingerprint density at radius 1 is 1.25 bits per heavy atom. The molecule has 1 atom stereocenters. The van der Waals surface area contributed by atoms with Gasteiger partial charge >= 0.3 is 12.2 Å². The van der Waals surface area contributed by atoms with Crippen LogP contribution in [-0.2, 0) is 19.5 Å². The molecule has 132 valence electrons. The Kier molecular flexibility index (Phi) is 7.25. The molecular weight excluding hydrogens is 336 g/mol. The van der Waals surface area contributed by atoms with E-state index in [1.807, 2.05) is 11.6 Å². The van der Waals surface area contributed by atoms with Crippen molar-refractivity contribution in [2.24, 2.45) is 0 Å². The molecule has 1 unspecified atom stereocenters. The third-order valence-electron chi connectivity index (χ3n) is 2.95. The average Bonchev–Trinajstić information content (AvgIpc) is 2.53. The van der Waals surface area contributed by atoms with Crippen LogP contribution in [0.15, 0.2) is 41.8 Å². The molecule has 0 bridgehead atoms. The lowest BCUT2D eigenvalue weighted by molar-refractivity contribution is 0.120. The van der Waals surface area contributed by atoms with Crippen LogP contribution in [0.3, 0.4) is 0 Å². The third-order valence-corrected chi connectivity index (χ3v) is 4.28. The van der Waals surface area contributed by atoms with E-state index in [2.05, 4.69) is 16.6 Å². The molecule has 8 nitrogen and oxygen atoms in total. The second-order valence-corrected chi connectivity index (χ2v) is 6.49. The first-order valence-electron chi connectivity index (χ1n) is 7.03. The summed E-state index contributed by atoms with van der Waals surface area (Å²) in [6.07, 6.45) is -0.966. The van der Waals surface area contributed by atoms with Gasteiger partial charge < -0.3 is 14.8 Å². The number of alkyl carbamates (subject to hydrolysis) is 1. The minimum absolute atomic E-state index is 0.0486. The Morgan fingerprint density at radius 3 is 2.42 bits per heavy atom. The zero-order valence-corrected chi connectivity index (χ0v) is 14.3. The maximum atomic E-state index is 12.1. The van der Waals surface area contributed by atoms with Crippen molar-refractivity contribution in [1.82, 2.24) is 10.0 Å². The molecule has 2 N–H and O–H groups in total. The van der Waals surface area contributed by atoms with E-state index in [-0.39, 0.29) is 17.9 Å². The van der Waals surface area contributed by atoms with Gasteiger partial charge in [-0.1, -0.05) is 30.4 Å². The number of hydrogen-bond acceptors (Lipinski definition) is 6. The molecule has 1 aromatic carbocycles. The Labute approximate surface area is 140 Å². The highest BCUT2D eigenvalue weighted by Gasteiger charge is 2.20.